The van der Waals surface area contributed by atoms with Crippen molar-refractivity contribution in [1.82, 2.24) is 0 Å². The van der Waals surface area contributed by atoms with Crippen LogP contribution >= 0.6 is 0 Å². The minimum Gasteiger partial charge on any atom is -0.411 e. The fraction of sp³-hybridized carbons (Fsp3) is 0.857. The number of nitrogens with zero attached hydrogens (tertiary/aromatic N) is 1. The van der Waals surface area contributed by atoms with Crippen LogP contribution in [0.5, 0.6) is 0 Å². The number of fused-ring (bicyclic) bond motifs is 5. The molecule has 0 radical (unpaired) electrons. The fourth-order valence-corrected chi connectivity index (χ4v) is 7.33. The standard InChI is InChI=1S/C21H31NO2/c1-4-21(23)12-11-19(2)14(13-21)5-6-15-16-7-8-18(22-24)20(16,3)10-9-17(15)19/h1,14-17,23-24H,5-13H2,2-3H3/b22-18-/t14?,15?,16?,17?,19-,20-,21+/m0/s1. The van der Waals surface area contributed by atoms with Crippen LogP contribution in [0.25, 0.3) is 0 Å². The Morgan fingerprint density at radius 3 is 2.58 bits per heavy atom. The van der Waals surface area contributed by atoms with Gasteiger partial charge in [0.05, 0.1) is 5.71 Å². The molecule has 0 bridgehead atoms. The van der Waals surface area contributed by atoms with Gasteiger partial charge in [-0.05, 0) is 86.9 Å². The lowest BCUT2D eigenvalue weighted by Crippen LogP contribution is -2.55. The maximum atomic E-state index is 10.6. The highest BCUT2D eigenvalue weighted by Crippen LogP contribution is 2.66. The third-order valence-corrected chi connectivity index (χ3v) is 8.86. The minimum atomic E-state index is -0.871. The van der Waals surface area contributed by atoms with Gasteiger partial charge < -0.3 is 10.3 Å². The predicted molar refractivity (Wildman–Crippen MR) is 94.7 cm³/mol. The molecule has 0 aromatic carbocycles. The zero-order valence-corrected chi connectivity index (χ0v) is 15.1. The van der Waals surface area contributed by atoms with E-state index in [1.807, 2.05) is 0 Å². The SMILES string of the molecule is C#C[C@@]1(O)CC[C@@]2(C)C(CCC3C2CC[C@]2(C)/C(=N\O)CCC32)C1. The van der Waals surface area contributed by atoms with Gasteiger partial charge in [-0.2, -0.15) is 0 Å². The van der Waals surface area contributed by atoms with Gasteiger partial charge in [0, 0.05) is 5.41 Å². The molecule has 4 rings (SSSR count). The summed E-state index contributed by atoms with van der Waals surface area (Å²) in [5.41, 5.74) is 0.618. The largest absolute Gasteiger partial charge is 0.411 e. The van der Waals surface area contributed by atoms with E-state index in [0.29, 0.717) is 17.3 Å². The average Bonchev–Trinajstić information content (AvgIpc) is 2.92. The molecule has 0 saturated heterocycles. The molecule has 2 N–H and O–H groups in total. The van der Waals surface area contributed by atoms with Crippen LogP contribution in [0.4, 0.5) is 0 Å². The van der Waals surface area contributed by atoms with E-state index < -0.39 is 5.60 Å². The van der Waals surface area contributed by atoms with Crippen molar-refractivity contribution in [1.29, 1.82) is 0 Å². The van der Waals surface area contributed by atoms with Crippen molar-refractivity contribution < 1.29 is 10.3 Å². The molecule has 4 unspecified atom stereocenters. The van der Waals surface area contributed by atoms with E-state index in [4.69, 9.17) is 6.42 Å². The number of aliphatic hydroxyl groups is 1. The van der Waals surface area contributed by atoms with Gasteiger partial charge in [0.25, 0.3) is 0 Å². The van der Waals surface area contributed by atoms with Crippen molar-refractivity contribution >= 4 is 5.71 Å². The topological polar surface area (TPSA) is 52.8 Å². The minimum absolute atomic E-state index is 0.118. The van der Waals surface area contributed by atoms with Crippen molar-refractivity contribution in [3.05, 3.63) is 0 Å². The third kappa shape index (κ3) is 2.05. The van der Waals surface area contributed by atoms with Crippen LogP contribution in [0.2, 0.25) is 0 Å². The van der Waals surface area contributed by atoms with Crippen LogP contribution < -0.4 is 0 Å². The van der Waals surface area contributed by atoms with Crippen molar-refractivity contribution in [2.75, 3.05) is 0 Å². The summed E-state index contributed by atoms with van der Waals surface area (Å²) in [6.45, 7) is 4.81. The normalized spacial score (nSPS) is 55.3. The van der Waals surface area contributed by atoms with E-state index in [2.05, 4.69) is 24.9 Å². The van der Waals surface area contributed by atoms with Gasteiger partial charge in [-0.3, -0.25) is 0 Å². The van der Waals surface area contributed by atoms with Crippen molar-refractivity contribution in [3.63, 3.8) is 0 Å². The maximum Gasteiger partial charge on any atom is 0.125 e. The van der Waals surface area contributed by atoms with Crippen LogP contribution in [0.1, 0.15) is 71.6 Å². The van der Waals surface area contributed by atoms with Gasteiger partial charge >= 0.3 is 0 Å². The van der Waals surface area contributed by atoms with E-state index in [-0.39, 0.29) is 5.41 Å². The number of oxime groups is 1. The Morgan fingerprint density at radius 1 is 1.08 bits per heavy atom. The molecular formula is C21H31NO2. The molecular weight excluding hydrogens is 298 g/mol. The second-order valence-corrected chi connectivity index (χ2v) is 9.58. The Labute approximate surface area is 145 Å². The molecule has 0 amide bonds. The van der Waals surface area contributed by atoms with Crippen molar-refractivity contribution in [3.8, 4) is 12.3 Å². The molecule has 4 aliphatic carbocycles. The Kier molecular flexibility index (Phi) is 3.59. The summed E-state index contributed by atoms with van der Waals surface area (Å²) in [4.78, 5) is 0. The molecule has 3 nitrogen and oxygen atoms in total. The highest BCUT2D eigenvalue weighted by atomic mass is 16.4. The lowest BCUT2D eigenvalue weighted by molar-refractivity contribution is -0.127. The molecule has 132 valence electrons. The average molecular weight is 329 g/mol. The predicted octanol–water partition coefficient (Wildman–Crippen LogP) is 4.22. The summed E-state index contributed by atoms with van der Waals surface area (Å²) < 4.78 is 0. The van der Waals surface area contributed by atoms with Gasteiger partial charge in [0.1, 0.15) is 5.60 Å². The van der Waals surface area contributed by atoms with Gasteiger partial charge in [-0.1, -0.05) is 24.9 Å². The Hall–Kier alpha value is -1.01. The summed E-state index contributed by atoms with van der Waals surface area (Å²) in [6, 6.07) is 0. The third-order valence-electron chi connectivity index (χ3n) is 8.86. The molecule has 7 atom stereocenters. The molecule has 0 aromatic rings. The summed E-state index contributed by atoms with van der Waals surface area (Å²) >= 11 is 0. The first-order chi connectivity index (χ1) is 11.4. The Balaban J connectivity index is 1.62. The first kappa shape index (κ1) is 16.5. The first-order valence-electron chi connectivity index (χ1n) is 9.78. The summed E-state index contributed by atoms with van der Waals surface area (Å²) in [7, 11) is 0. The van der Waals surface area contributed by atoms with E-state index >= 15 is 0 Å². The van der Waals surface area contributed by atoms with Crippen LogP contribution in [0, 0.1) is 46.8 Å². The molecule has 4 aliphatic rings. The van der Waals surface area contributed by atoms with E-state index in [1.165, 1.54) is 25.7 Å². The molecule has 3 heteroatoms. The second-order valence-electron chi connectivity index (χ2n) is 9.58. The van der Waals surface area contributed by atoms with E-state index in [0.717, 1.165) is 49.7 Å². The van der Waals surface area contributed by atoms with E-state index in [9.17, 15) is 10.3 Å². The lowest BCUT2D eigenvalue weighted by atomic mass is 9.44. The number of hydrogen-bond donors (Lipinski definition) is 2. The van der Waals surface area contributed by atoms with Gasteiger partial charge in [-0.25, -0.2) is 0 Å². The highest BCUT2D eigenvalue weighted by Gasteiger charge is 2.60. The van der Waals surface area contributed by atoms with Crippen LogP contribution in [-0.2, 0) is 0 Å². The summed E-state index contributed by atoms with van der Waals surface area (Å²) in [5, 5.41) is 23.7. The maximum absolute atomic E-state index is 10.6. The number of terminal acetylenes is 1. The summed E-state index contributed by atoms with van der Waals surface area (Å²) in [6.07, 6.45) is 15.2. The first-order valence-corrected chi connectivity index (χ1v) is 9.78. The Bertz CT molecular complexity index is 607. The van der Waals surface area contributed by atoms with Crippen LogP contribution in [-0.4, -0.2) is 21.6 Å². The zero-order valence-electron chi connectivity index (χ0n) is 15.1. The fourth-order valence-electron chi connectivity index (χ4n) is 7.33. The van der Waals surface area contributed by atoms with Crippen molar-refractivity contribution in [2.45, 2.75) is 77.2 Å². The number of rotatable bonds is 0. The molecule has 0 spiro atoms. The second kappa shape index (κ2) is 5.24. The van der Waals surface area contributed by atoms with Gasteiger partial charge in [-0.15, -0.1) is 6.42 Å². The zero-order chi connectivity index (χ0) is 17.2. The highest BCUT2D eigenvalue weighted by molar-refractivity contribution is 5.91. The van der Waals surface area contributed by atoms with Crippen molar-refractivity contribution in [2.24, 2.45) is 39.7 Å². The monoisotopic (exact) mass is 329 g/mol. The molecule has 4 fully saturated rings. The van der Waals surface area contributed by atoms with Gasteiger partial charge in [0.2, 0.25) is 0 Å². The number of hydrogen-bond acceptors (Lipinski definition) is 3. The molecule has 0 aliphatic heterocycles. The molecule has 0 heterocycles. The lowest BCUT2D eigenvalue weighted by Gasteiger charge is -2.61. The van der Waals surface area contributed by atoms with Crippen LogP contribution in [0.15, 0.2) is 5.16 Å². The van der Waals surface area contributed by atoms with Gasteiger partial charge in [0.15, 0.2) is 0 Å². The quantitative estimate of drug-likeness (QED) is 0.397. The van der Waals surface area contributed by atoms with E-state index in [1.54, 1.807) is 0 Å². The Morgan fingerprint density at radius 2 is 1.88 bits per heavy atom. The summed E-state index contributed by atoms with van der Waals surface area (Å²) in [5.74, 6) is 5.40. The van der Waals surface area contributed by atoms with Crippen LogP contribution in [0.3, 0.4) is 0 Å². The molecule has 4 saturated carbocycles. The molecule has 0 aromatic heterocycles. The molecule has 24 heavy (non-hydrogen) atoms. The smallest absolute Gasteiger partial charge is 0.125 e.